The van der Waals surface area contributed by atoms with Gasteiger partial charge in [0.1, 0.15) is 5.60 Å². The Balaban J connectivity index is 2.30. The van der Waals surface area contributed by atoms with Crippen molar-refractivity contribution in [2.24, 2.45) is 5.92 Å². The highest BCUT2D eigenvalue weighted by Gasteiger charge is 2.48. The smallest absolute Gasteiger partial charge is 0.425 e. The summed E-state index contributed by atoms with van der Waals surface area (Å²) < 4.78 is 33.3. The maximum absolute atomic E-state index is 12.9. The summed E-state index contributed by atoms with van der Waals surface area (Å²) in [6.07, 6.45) is -0.816. The van der Waals surface area contributed by atoms with Crippen LogP contribution in [-0.2, 0) is 21.5 Å². The summed E-state index contributed by atoms with van der Waals surface area (Å²) in [4.78, 5) is 12.3. The average molecular weight is 354 g/mol. The van der Waals surface area contributed by atoms with E-state index in [1.54, 1.807) is 20.8 Å². The molecule has 1 atom stereocenters. The second kappa shape index (κ2) is 6.72. The van der Waals surface area contributed by atoms with Gasteiger partial charge in [-0.3, -0.25) is 0 Å². The van der Waals surface area contributed by atoms with Gasteiger partial charge in [0, 0.05) is 12.6 Å². The standard InChI is InChI=1S/C17H26N2O4S/c1-13(2)15-12-19(16(20)23-17(3,4)5)24(21,22)18(15)11-14-9-7-6-8-10-14/h6-10,13,15H,11-12H2,1-5H3/t15-/m1/s1. The first-order valence-electron chi connectivity index (χ1n) is 8.09. The number of amides is 1. The number of carbonyl (C=O) groups is 1. The van der Waals surface area contributed by atoms with Gasteiger partial charge in [0.2, 0.25) is 0 Å². The molecule has 1 heterocycles. The molecule has 0 N–H and O–H groups in total. The summed E-state index contributed by atoms with van der Waals surface area (Å²) in [6.45, 7) is 9.42. The number of carbonyl (C=O) groups excluding carboxylic acids is 1. The van der Waals surface area contributed by atoms with E-state index in [2.05, 4.69) is 0 Å². The molecule has 6 nitrogen and oxygen atoms in total. The molecule has 2 rings (SSSR count). The zero-order valence-electron chi connectivity index (χ0n) is 14.9. The van der Waals surface area contributed by atoms with E-state index in [1.807, 2.05) is 44.2 Å². The second-order valence-corrected chi connectivity index (χ2v) is 9.17. The van der Waals surface area contributed by atoms with Crippen LogP contribution in [-0.4, -0.2) is 41.3 Å². The molecule has 0 aromatic heterocycles. The van der Waals surface area contributed by atoms with Crippen LogP contribution in [0.15, 0.2) is 30.3 Å². The maximum Gasteiger partial charge on any atom is 0.425 e. The Morgan fingerprint density at radius 3 is 2.33 bits per heavy atom. The van der Waals surface area contributed by atoms with Crippen LogP contribution in [0.1, 0.15) is 40.2 Å². The Hall–Kier alpha value is -1.60. The van der Waals surface area contributed by atoms with Gasteiger partial charge in [0.25, 0.3) is 0 Å². The molecule has 134 valence electrons. The Morgan fingerprint density at radius 2 is 1.83 bits per heavy atom. The van der Waals surface area contributed by atoms with E-state index in [0.717, 1.165) is 9.87 Å². The van der Waals surface area contributed by atoms with Gasteiger partial charge < -0.3 is 4.74 Å². The van der Waals surface area contributed by atoms with Gasteiger partial charge in [0.15, 0.2) is 0 Å². The Bertz CT molecular complexity index is 680. The molecule has 1 aromatic carbocycles. The fourth-order valence-electron chi connectivity index (χ4n) is 2.64. The van der Waals surface area contributed by atoms with Crippen LogP contribution in [0.25, 0.3) is 0 Å². The molecule has 1 aromatic rings. The lowest BCUT2D eigenvalue weighted by atomic mass is 10.0. The lowest BCUT2D eigenvalue weighted by Gasteiger charge is -2.25. The first kappa shape index (κ1) is 18.7. The molecule has 1 amide bonds. The topological polar surface area (TPSA) is 66.9 Å². The van der Waals surface area contributed by atoms with Crippen molar-refractivity contribution in [1.29, 1.82) is 0 Å². The van der Waals surface area contributed by atoms with Gasteiger partial charge in [-0.05, 0) is 32.3 Å². The molecule has 0 unspecified atom stereocenters. The minimum Gasteiger partial charge on any atom is -0.443 e. The van der Waals surface area contributed by atoms with Crippen molar-refractivity contribution in [2.45, 2.75) is 52.8 Å². The number of hydrogen-bond acceptors (Lipinski definition) is 4. The van der Waals surface area contributed by atoms with E-state index < -0.39 is 21.9 Å². The summed E-state index contributed by atoms with van der Waals surface area (Å²) in [5.74, 6) is 0.0796. The zero-order valence-corrected chi connectivity index (χ0v) is 15.7. The van der Waals surface area contributed by atoms with Crippen molar-refractivity contribution in [1.82, 2.24) is 8.61 Å². The number of ether oxygens (including phenoxy) is 1. The molecule has 1 fully saturated rings. The minimum absolute atomic E-state index is 0.0796. The highest BCUT2D eigenvalue weighted by molar-refractivity contribution is 7.87. The van der Waals surface area contributed by atoms with Gasteiger partial charge in [-0.25, -0.2) is 4.79 Å². The van der Waals surface area contributed by atoms with Gasteiger partial charge in [-0.2, -0.15) is 17.0 Å². The molecule has 0 bridgehead atoms. The van der Waals surface area contributed by atoms with Crippen molar-refractivity contribution in [3.63, 3.8) is 0 Å². The van der Waals surface area contributed by atoms with Crippen LogP contribution in [0, 0.1) is 5.92 Å². The van der Waals surface area contributed by atoms with E-state index in [9.17, 15) is 13.2 Å². The number of benzene rings is 1. The SMILES string of the molecule is CC(C)[C@H]1CN(C(=O)OC(C)(C)C)S(=O)(=O)N1Cc1ccccc1. The zero-order chi connectivity index (χ0) is 18.1. The van der Waals surface area contributed by atoms with Gasteiger partial charge in [-0.1, -0.05) is 44.2 Å². The normalized spacial score (nSPS) is 21.2. The van der Waals surface area contributed by atoms with Crippen LogP contribution in [0.2, 0.25) is 0 Å². The lowest BCUT2D eigenvalue weighted by molar-refractivity contribution is 0.0394. The fourth-order valence-corrected chi connectivity index (χ4v) is 4.42. The molecule has 0 radical (unpaired) electrons. The molecular formula is C17H26N2O4S. The monoisotopic (exact) mass is 354 g/mol. The summed E-state index contributed by atoms with van der Waals surface area (Å²) >= 11 is 0. The summed E-state index contributed by atoms with van der Waals surface area (Å²) in [6, 6.07) is 9.10. The largest absolute Gasteiger partial charge is 0.443 e. The van der Waals surface area contributed by atoms with Crippen molar-refractivity contribution < 1.29 is 17.9 Å². The molecule has 0 saturated carbocycles. The molecular weight excluding hydrogens is 328 g/mol. The average Bonchev–Trinajstić information content (AvgIpc) is 2.70. The van der Waals surface area contributed by atoms with E-state index in [4.69, 9.17) is 4.74 Å². The maximum atomic E-state index is 12.9. The van der Waals surface area contributed by atoms with Crippen molar-refractivity contribution in [3.8, 4) is 0 Å². The molecule has 0 spiro atoms. The van der Waals surface area contributed by atoms with Crippen molar-refractivity contribution in [3.05, 3.63) is 35.9 Å². The van der Waals surface area contributed by atoms with E-state index in [-0.39, 0.29) is 25.0 Å². The third-order valence-electron chi connectivity index (χ3n) is 3.85. The van der Waals surface area contributed by atoms with Crippen LogP contribution in [0.5, 0.6) is 0 Å². The van der Waals surface area contributed by atoms with Gasteiger partial charge in [0.05, 0.1) is 6.54 Å². The minimum atomic E-state index is -3.90. The van der Waals surface area contributed by atoms with Crippen LogP contribution in [0.3, 0.4) is 0 Å². The number of nitrogens with zero attached hydrogens (tertiary/aromatic N) is 2. The molecule has 1 saturated heterocycles. The summed E-state index contributed by atoms with van der Waals surface area (Å²) in [5.41, 5.74) is 0.144. The Kier molecular flexibility index (Phi) is 5.25. The summed E-state index contributed by atoms with van der Waals surface area (Å²) in [7, 11) is -3.90. The summed E-state index contributed by atoms with van der Waals surface area (Å²) in [5, 5.41) is 0. The van der Waals surface area contributed by atoms with Crippen LogP contribution in [0.4, 0.5) is 4.79 Å². The molecule has 1 aliphatic heterocycles. The first-order chi connectivity index (χ1) is 11.0. The Labute approximate surface area is 144 Å². The predicted molar refractivity (Wildman–Crippen MR) is 92.5 cm³/mol. The van der Waals surface area contributed by atoms with Crippen LogP contribution >= 0.6 is 0 Å². The molecule has 0 aliphatic carbocycles. The highest BCUT2D eigenvalue weighted by atomic mass is 32.2. The molecule has 7 heteroatoms. The van der Waals surface area contributed by atoms with E-state index in [1.165, 1.54) is 4.31 Å². The van der Waals surface area contributed by atoms with Crippen molar-refractivity contribution in [2.75, 3.05) is 6.54 Å². The highest BCUT2D eigenvalue weighted by Crippen LogP contribution is 2.30. The van der Waals surface area contributed by atoms with Crippen molar-refractivity contribution >= 4 is 16.3 Å². The fraction of sp³-hybridized carbons (Fsp3) is 0.588. The molecule has 1 aliphatic rings. The first-order valence-corrected chi connectivity index (χ1v) is 9.48. The second-order valence-electron chi connectivity index (χ2n) is 7.36. The lowest BCUT2D eigenvalue weighted by Crippen LogP contribution is -2.40. The predicted octanol–water partition coefficient (Wildman–Crippen LogP) is 3.01. The number of hydrogen-bond donors (Lipinski definition) is 0. The van der Waals surface area contributed by atoms with Gasteiger partial charge >= 0.3 is 16.3 Å². The Morgan fingerprint density at radius 1 is 1.25 bits per heavy atom. The van der Waals surface area contributed by atoms with Crippen LogP contribution < -0.4 is 0 Å². The van der Waals surface area contributed by atoms with Gasteiger partial charge in [-0.15, -0.1) is 0 Å². The molecule has 24 heavy (non-hydrogen) atoms. The quantitative estimate of drug-likeness (QED) is 0.837. The number of rotatable bonds is 3. The van der Waals surface area contributed by atoms with E-state index in [0.29, 0.717) is 0 Å². The third kappa shape index (κ3) is 4.08. The van der Waals surface area contributed by atoms with E-state index >= 15 is 0 Å². The third-order valence-corrected chi connectivity index (χ3v) is 5.69.